The highest BCUT2D eigenvalue weighted by molar-refractivity contribution is 6.36. The number of aliphatic hydroxyl groups is 1. The summed E-state index contributed by atoms with van der Waals surface area (Å²) in [6.07, 6.45) is -5.31. The predicted molar refractivity (Wildman–Crippen MR) is 113 cm³/mol. The maximum atomic E-state index is 13.2. The lowest BCUT2D eigenvalue weighted by Crippen LogP contribution is -2.36. The average molecular weight is 511 g/mol. The fourth-order valence-electron chi connectivity index (χ4n) is 4.17. The van der Waals surface area contributed by atoms with E-state index in [2.05, 4.69) is 9.84 Å². The minimum Gasteiger partial charge on any atom is -0.461 e. The van der Waals surface area contributed by atoms with Gasteiger partial charge in [0, 0.05) is 12.1 Å². The molecule has 12 heteroatoms. The molecule has 0 radical (unpaired) electrons. The molecule has 0 amide bonds. The summed E-state index contributed by atoms with van der Waals surface area (Å²) < 4.78 is 76.5. The molecule has 0 atom stereocenters. The van der Waals surface area contributed by atoms with Crippen LogP contribution in [0.3, 0.4) is 0 Å². The van der Waals surface area contributed by atoms with Gasteiger partial charge in [-0.2, -0.15) is 27.1 Å². The van der Waals surface area contributed by atoms with Gasteiger partial charge in [0.15, 0.2) is 5.69 Å². The van der Waals surface area contributed by atoms with Gasteiger partial charge >= 0.3 is 18.8 Å². The molecule has 1 aliphatic rings. The molecular formula is C22H24ClF5N2O4. The standard InChI is InChI=1S/C22H24ClF5N2O4/c1-3-30-18(16(23)17(29-30)19(31)33-4-2)14-6-5-13(11-15(14)34-20(24)25)21(32)9-7-12(8-10-21)22(26,27)28/h5-6,11-12,20,32H,3-4,7-10H2,1-2H3/t12-,21+. The smallest absolute Gasteiger partial charge is 0.391 e. The maximum Gasteiger partial charge on any atom is 0.391 e. The molecule has 0 spiro atoms. The molecular weight excluding hydrogens is 487 g/mol. The molecule has 1 aromatic heterocycles. The summed E-state index contributed by atoms with van der Waals surface area (Å²) in [7, 11) is 0. The van der Waals surface area contributed by atoms with Crippen molar-refractivity contribution in [1.82, 2.24) is 9.78 Å². The van der Waals surface area contributed by atoms with Crippen LogP contribution in [-0.2, 0) is 16.9 Å². The first-order chi connectivity index (χ1) is 15.9. The third-order valence-corrected chi connectivity index (χ3v) is 6.29. The van der Waals surface area contributed by atoms with Crippen LogP contribution in [-0.4, -0.2) is 40.3 Å². The number of rotatable bonds is 7. The van der Waals surface area contributed by atoms with E-state index in [-0.39, 0.29) is 72.1 Å². The Kier molecular flexibility index (Phi) is 7.76. The Morgan fingerprint density at radius 3 is 2.47 bits per heavy atom. The van der Waals surface area contributed by atoms with Crippen molar-refractivity contribution in [3.8, 4) is 17.0 Å². The topological polar surface area (TPSA) is 73.6 Å². The monoisotopic (exact) mass is 510 g/mol. The van der Waals surface area contributed by atoms with E-state index in [1.807, 2.05) is 0 Å². The van der Waals surface area contributed by atoms with Gasteiger partial charge in [0.25, 0.3) is 0 Å². The maximum absolute atomic E-state index is 13.2. The Hall–Kier alpha value is -2.40. The van der Waals surface area contributed by atoms with Crippen molar-refractivity contribution in [3.05, 3.63) is 34.5 Å². The van der Waals surface area contributed by atoms with Gasteiger partial charge in [-0.1, -0.05) is 17.7 Å². The lowest BCUT2D eigenvalue weighted by molar-refractivity contribution is -0.193. The lowest BCUT2D eigenvalue weighted by Gasteiger charge is -2.37. The molecule has 34 heavy (non-hydrogen) atoms. The molecule has 2 aromatic rings. The number of carbonyl (C=O) groups is 1. The zero-order chi connectivity index (χ0) is 25.3. The number of benzene rings is 1. The molecule has 0 unspecified atom stereocenters. The molecule has 0 saturated heterocycles. The second kappa shape index (κ2) is 10.1. The van der Waals surface area contributed by atoms with Crippen molar-refractivity contribution in [3.63, 3.8) is 0 Å². The molecule has 3 rings (SSSR count). The SMILES string of the molecule is CCOC(=O)c1nn(CC)c(-c2ccc([C@]3(O)CC[C@@H](C(F)(F)F)CC3)cc2OC(F)F)c1Cl. The van der Waals surface area contributed by atoms with Crippen LogP contribution in [0.5, 0.6) is 5.75 Å². The van der Waals surface area contributed by atoms with E-state index in [1.165, 1.54) is 22.9 Å². The molecule has 6 nitrogen and oxygen atoms in total. The highest BCUT2D eigenvalue weighted by Crippen LogP contribution is 2.47. The van der Waals surface area contributed by atoms with Gasteiger partial charge < -0.3 is 14.6 Å². The van der Waals surface area contributed by atoms with Gasteiger partial charge in [-0.05, 0) is 57.2 Å². The van der Waals surface area contributed by atoms with Crippen molar-refractivity contribution >= 4 is 17.6 Å². The molecule has 1 saturated carbocycles. The Bertz CT molecular complexity index is 1030. The third-order valence-electron chi connectivity index (χ3n) is 5.93. The first-order valence-corrected chi connectivity index (χ1v) is 11.1. The van der Waals surface area contributed by atoms with Crippen molar-refractivity contribution < 1.29 is 41.3 Å². The van der Waals surface area contributed by atoms with Gasteiger partial charge in [-0.25, -0.2) is 4.79 Å². The molecule has 0 aliphatic heterocycles. The van der Waals surface area contributed by atoms with Crippen LogP contribution in [0.25, 0.3) is 11.3 Å². The van der Waals surface area contributed by atoms with E-state index >= 15 is 0 Å². The van der Waals surface area contributed by atoms with Crippen LogP contribution < -0.4 is 4.74 Å². The minimum atomic E-state index is -4.36. The number of hydrogen-bond donors (Lipinski definition) is 1. The molecule has 1 N–H and O–H groups in total. The minimum absolute atomic E-state index is 0.0751. The summed E-state index contributed by atoms with van der Waals surface area (Å²) in [6.45, 7) is 0.375. The van der Waals surface area contributed by atoms with Crippen LogP contribution in [0, 0.1) is 5.92 Å². The predicted octanol–water partition coefficient (Wildman–Crippen LogP) is 5.94. The number of aryl methyl sites for hydroxylation is 1. The molecule has 1 aliphatic carbocycles. The quantitative estimate of drug-likeness (QED) is 0.368. The number of ether oxygens (including phenoxy) is 2. The Labute approximate surface area is 197 Å². The highest BCUT2D eigenvalue weighted by Gasteiger charge is 2.46. The van der Waals surface area contributed by atoms with E-state index in [4.69, 9.17) is 16.3 Å². The summed E-state index contributed by atoms with van der Waals surface area (Å²) >= 11 is 6.37. The summed E-state index contributed by atoms with van der Waals surface area (Å²) in [5, 5.41) is 15.0. The van der Waals surface area contributed by atoms with Crippen LogP contribution in [0.4, 0.5) is 22.0 Å². The fraction of sp³-hybridized carbons (Fsp3) is 0.545. The van der Waals surface area contributed by atoms with Crippen molar-refractivity contribution in [2.24, 2.45) is 5.92 Å². The van der Waals surface area contributed by atoms with Crippen LogP contribution in [0.2, 0.25) is 5.02 Å². The van der Waals surface area contributed by atoms with Crippen LogP contribution in [0.15, 0.2) is 18.2 Å². The van der Waals surface area contributed by atoms with E-state index in [0.717, 1.165) is 0 Å². The van der Waals surface area contributed by atoms with Gasteiger partial charge in [0.1, 0.15) is 10.8 Å². The number of hydrogen-bond acceptors (Lipinski definition) is 5. The number of nitrogens with zero attached hydrogens (tertiary/aromatic N) is 2. The van der Waals surface area contributed by atoms with Crippen molar-refractivity contribution in [2.75, 3.05) is 6.61 Å². The van der Waals surface area contributed by atoms with Crippen molar-refractivity contribution in [1.29, 1.82) is 0 Å². The van der Waals surface area contributed by atoms with Gasteiger partial charge in [-0.15, -0.1) is 0 Å². The summed E-state index contributed by atoms with van der Waals surface area (Å²) in [6, 6.07) is 3.96. The number of aromatic nitrogens is 2. The van der Waals surface area contributed by atoms with Gasteiger partial charge in [0.2, 0.25) is 0 Å². The van der Waals surface area contributed by atoms with Crippen LogP contribution >= 0.6 is 11.6 Å². The van der Waals surface area contributed by atoms with Gasteiger partial charge in [-0.3, -0.25) is 4.68 Å². The molecule has 188 valence electrons. The first kappa shape index (κ1) is 26.2. The lowest BCUT2D eigenvalue weighted by atomic mass is 9.75. The number of halogens is 6. The van der Waals surface area contributed by atoms with Gasteiger partial charge in [0.05, 0.1) is 23.8 Å². The van der Waals surface area contributed by atoms with Crippen LogP contribution in [0.1, 0.15) is 55.6 Å². The number of carbonyl (C=O) groups excluding carboxylic acids is 1. The highest BCUT2D eigenvalue weighted by atomic mass is 35.5. The Balaban J connectivity index is 2.04. The second-order valence-corrected chi connectivity index (χ2v) is 8.36. The third kappa shape index (κ3) is 5.30. The number of esters is 1. The number of alkyl halides is 5. The fourth-order valence-corrected chi connectivity index (χ4v) is 4.48. The molecule has 1 aromatic carbocycles. The summed E-state index contributed by atoms with van der Waals surface area (Å²) in [5.41, 5.74) is -1.48. The largest absolute Gasteiger partial charge is 0.461 e. The van der Waals surface area contributed by atoms with E-state index in [0.29, 0.717) is 0 Å². The zero-order valence-electron chi connectivity index (χ0n) is 18.5. The van der Waals surface area contributed by atoms with E-state index in [1.54, 1.807) is 13.8 Å². The normalized spacial score (nSPS) is 21.1. The molecule has 1 heterocycles. The van der Waals surface area contributed by atoms with Crippen molar-refractivity contribution in [2.45, 2.75) is 64.5 Å². The summed E-state index contributed by atoms with van der Waals surface area (Å²) in [5.74, 6) is -2.67. The van der Waals surface area contributed by atoms with E-state index < -0.39 is 30.3 Å². The summed E-state index contributed by atoms with van der Waals surface area (Å²) in [4.78, 5) is 12.2. The molecule has 0 bridgehead atoms. The Morgan fingerprint density at radius 1 is 1.29 bits per heavy atom. The zero-order valence-corrected chi connectivity index (χ0v) is 19.2. The second-order valence-electron chi connectivity index (χ2n) is 7.98. The molecule has 1 fully saturated rings. The average Bonchev–Trinajstić information content (AvgIpc) is 3.09. The first-order valence-electron chi connectivity index (χ1n) is 10.7. The Morgan fingerprint density at radius 2 is 1.94 bits per heavy atom. The van der Waals surface area contributed by atoms with E-state index in [9.17, 15) is 31.9 Å².